The van der Waals surface area contributed by atoms with E-state index in [1.54, 1.807) is 55.5 Å². The lowest BCUT2D eigenvalue weighted by molar-refractivity contribution is -0.138. The molecule has 3 aromatic rings. The Morgan fingerprint density at radius 2 is 1.67 bits per heavy atom. The summed E-state index contributed by atoms with van der Waals surface area (Å²) in [6, 6.07) is 15.8. The number of alkyl halides is 3. The number of hydrogen-bond acceptors (Lipinski definition) is 5. The van der Waals surface area contributed by atoms with Gasteiger partial charge in [0.05, 0.1) is 16.0 Å². The van der Waals surface area contributed by atoms with Gasteiger partial charge in [0, 0.05) is 11.3 Å². The van der Waals surface area contributed by atoms with Crippen LogP contribution in [-0.4, -0.2) is 26.6 Å². The zero-order chi connectivity index (χ0) is 28.6. The topological polar surface area (TPSA) is 81.7 Å². The minimum absolute atomic E-state index is 0.110. The lowest BCUT2D eigenvalue weighted by atomic mass is 9.87. The van der Waals surface area contributed by atoms with Gasteiger partial charge in [0.2, 0.25) is 0 Å². The lowest BCUT2D eigenvalue weighted by Crippen LogP contribution is -2.38. The number of ether oxygens (including phenoxy) is 2. The predicted molar refractivity (Wildman–Crippen MR) is 142 cm³/mol. The highest BCUT2D eigenvalue weighted by molar-refractivity contribution is 7.92. The molecule has 4 rings (SSSR count). The third-order valence-electron chi connectivity index (χ3n) is 6.19. The van der Waals surface area contributed by atoms with E-state index in [9.17, 15) is 26.4 Å². The summed E-state index contributed by atoms with van der Waals surface area (Å²) >= 11 is 0. The van der Waals surface area contributed by atoms with Crippen molar-refractivity contribution in [3.8, 4) is 5.75 Å². The first-order chi connectivity index (χ1) is 18.1. The predicted octanol–water partition coefficient (Wildman–Crippen LogP) is 6.83. The highest BCUT2D eigenvalue weighted by Crippen LogP contribution is 2.35. The molecule has 1 unspecified atom stereocenters. The van der Waals surface area contributed by atoms with Crippen molar-refractivity contribution in [2.75, 3.05) is 11.3 Å². The molecule has 0 radical (unpaired) electrons. The largest absolute Gasteiger partial charge is 0.479 e. The molecule has 0 saturated heterocycles. The molecule has 0 bridgehead atoms. The average molecular weight is 560 g/mol. The van der Waals surface area contributed by atoms with Gasteiger partial charge in [-0.2, -0.15) is 13.2 Å². The number of carbonyl (C=O) groups excluding carboxylic acids is 1. The van der Waals surface area contributed by atoms with E-state index < -0.39 is 38.9 Å². The minimum Gasteiger partial charge on any atom is -0.479 e. The molecule has 1 N–H and O–H groups in total. The molecular weight excluding hydrogens is 531 g/mol. The molecule has 0 aromatic heterocycles. The maximum absolute atomic E-state index is 13.2. The molecule has 1 heterocycles. The second-order valence-electron chi connectivity index (χ2n) is 10.5. The fraction of sp³-hybridized carbons (Fsp3) is 0.276. The number of carbonyl (C=O) groups is 1. The van der Waals surface area contributed by atoms with E-state index in [0.717, 1.165) is 17.7 Å². The van der Waals surface area contributed by atoms with Crippen molar-refractivity contribution >= 4 is 27.8 Å². The molecule has 0 spiro atoms. The van der Waals surface area contributed by atoms with Crippen molar-refractivity contribution in [2.45, 2.75) is 49.8 Å². The lowest BCUT2D eigenvalue weighted by Gasteiger charge is -2.31. The second-order valence-corrected chi connectivity index (χ2v) is 12.2. The van der Waals surface area contributed by atoms with E-state index in [4.69, 9.17) is 9.47 Å². The Morgan fingerprint density at radius 3 is 2.31 bits per heavy atom. The van der Waals surface area contributed by atoms with Crippen LogP contribution < -0.4 is 9.46 Å². The van der Waals surface area contributed by atoms with Crippen molar-refractivity contribution in [1.29, 1.82) is 0 Å². The summed E-state index contributed by atoms with van der Waals surface area (Å²) < 4.78 is 79.3. The molecule has 1 atom stereocenters. The molecule has 206 valence electrons. The summed E-state index contributed by atoms with van der Waals surface area (Å²) in [6.07, 6.45) is -1.43. The molecule has 3 aromatic carbocycles. The Labute approximate surface area is 225 Å². The molecule has 1 aliphatic heterocycles. The van der Waals surface area contributed by atoms with Crippen LogP contribution in [-0.2, 0) is 26.4 Å². The van der Waals surface area contributed by atoms with Crippen LogP contribution >= 0.6 is 0 Å². The van der Waals surface area contributed by atoms with Crippen LogP contribution in [0.5, 0.6) is 5.75 Å². The second kappa shape index (κ2) is 10.1. The summed E-state index contributed by atoms with van der Waals surface area (Å²) in [5.41, 5.74) is -1.02. The Morgan fingerprint density at radius 1 is 1.00 bits per heavy atom. The number of hydrogen-bond donors (Lipinski definition) is 1. The average Bonchev–Trinajstić information content (AvgIpc) is 2.86. The van der Waals surface area contributed by atoms with Crippen molar-refractivity contribution < 1.29 is 35.9 Å². The van der Waals surface area contributed by atoms with Gasteiger partial charge in [-0.3, -0.25) is 4.72 Å². The monoisotopic (exact) mass is 559 g/mol. The third-order valence-corrected chi connectivity index (χ3v) is 7.59. The van der Waals surface area contributed by atoms with Crippen LogP contribution in [0.4, 0.5) is 18.9 Å². The highest BCUT2D eigenvalue weighted by Gasteiger charge is 2.36. The van der Waals surface area contributed by atoms with Gasteiger partial charge in [-0.25, -0.2) is 13.2 Å². The van der Waals surface area contributed by atoms with E-state index >= 15 is 0 Å². The van der Waals surface area contributed by atoms with Gasteiger partial charge in [-0.05, 0) is 66.4 Å². The first kappa shape index (κ1) is 28.2. The maximum Gasteiger partial charge on any atom is 0.417 e. The Bertz CT molecular complexity index is 1520. The van der Waals surface area contributed by atoms with E-state index in [2.05, 4.69) is 4.72 Å². The Balaban J connectivity index is 1.45. The quantitative estimate of drug-likeness (QED) is 0.335. The number of esters is 1. The Kier molecular flexibility index (Phi) is 7.29. The zero-order valence-electron chi connectivity index (χ0n) is 21.8. The molecule has 0 fully saturated rings. The fourth-order valence-corrected chi connectivity index (χ4v) is 5.06. The summed E-state index contributed by atoms with van der Waals surface area (Å²) in [4.78, 5) is 12.6. The van der Waals surface area contributed by atoms with Crippen LogP contribution in [0.25, 0.3) is 6.08 Å². The molecular formula is C29H28F3NO5S. The van der Waals surface area contributed by atoms with Gasteiger partial charge in [0.25, 0.3) is 10.0 Å². The molecule has 0 aliphatic carbocycles. The summed E-state index contributed by atoms with van der Waals surface area (Å²) in [5.74, 6) is -0.726. The van der Waals surface area contributed by atoms with Crippen molar-refractivity contribution in [3.63, 3.8) is 0 Å². The van der Waals surface area contributed by atoms with Gasteiger partial charge in [0.15, 0.2) is 5.60 Å². The number of anilines is 1. The molecule has 6 nitrogen and oxygen atoms in total. The first-order valence-electron chi connectivity index (χ1n) is 12.1. The normalized spacial score (nSPS) is 17.2. The number of sulfonamides is 1. The number of fused-ring (bicyclic) bond motifs is 1. The van der Waals surface area contributed by atoms with E-state index in [0.29, 0.717) is 17.0 Å². The van der Waals surface area contributed by atoms with Gasteiger partial charge in [0.1, 0.15) is 12.4 Å². The van der Waals surface area contributed by atoms with E-state index in [-0.39, 0.29) is 16.9 Å². The maximum atomic E-state index is 13.2. The SMILES string of the molecule is CC1(COC(=O)c2ccccc2C(F)(F)F)C=Cc2cc(NS(=O)(=O)c3ccc(C(C)(C)C)cc3)ccc2O1. The molecule has 10 heteroatoms. The van der Waals surface area contributed by atoms with Gasteiger partial charge in [-0.15, -0.1) is 0 Å². The van der Waals surface area contributed by atoms with Gasteiger partial charge >= 0.3 is 12.1 Å². The number of nitrogens with one attached hydrogen (secondary N) is 1. The summed E-state index contributed by atoms with van der Waals surface area (Å²) in [7, 11) is -3.84. The van der Waals surface area contributed by atoms with E-state index in [1.807, 2.05) is 20.8 Å². The van der Waals surface area contributed by atoms with E-state index in [1.165, 1.54) is 18.2 Å². The van der Waals surface area contributed by atoms with Crippen molar-refractivity contribution in [3.05, 3.63) is 95.1 Å². The van der Waals surface area contributed by atoms with Crippen molar-refractivity contribution in [1.82, 2.24) is 0 Å². The number of halogens is 3. The summed E-state index contributed by atoms with van der Waals surface area (Å²) in [6.45, 7) is 7.40. The fourth-order valence-electron chi connectivity index (χ4n) is 4.01. The van der Waals surface area contributed by atoms with Crippen LogP contribution in [0.2, 0.25) is 0 Å². The standard InChI is InChI=1S/C29H28F3NO5S/c1-27(2,3)20-9-12-22(13-10-20)39(35,36)33-21-11-14-25-19(17-21)15-16-28(4,38-25)18-37-26(34)23-7-5-6-8-24(23)29(30,31)32/h5-17,33H,18H2,1-4H3. The molecule has 0 saturated carbocycles. The minimum atomic E-state index is -4.70. The molecule has 39 heavy (non-hydrogen) atoms. The van der Waals surface area contributed by atoms with Crippen LogP contribution in [0, 0.1) is 0 Å². The van der Waals surface area contributed by atoms with Crippen molar-refractivity contribution in [2.24, 2.45) is 0 Å². The third kappa shape index (κ3) is 6.44. The van der Waals surface area contributed by atoms with Gasteiger partial charge in [-0.1, -0.05) is 51.1 Å². The number of rotatable bonds is 6. The first-order valence-corrected chi connectivity index (χ1v) is 13.5. The summed E-state index contributed by atoms with van der Waals surface area (Å²) in [5, 5.41) is 0. The zero-order valence-corrected chi connectivity index (χ0v) is 22.6. The molecule has 1 aliphatic rings. The Hall–Kier alpha value is -3.79. The van der Waals surface area contributed by atoms with Crippen LogP contribution in [0.15, 0.2) is 77.7 Å². The van der Waals surface area contributed by atoms with Gasteiger partial charge < -0.3 is 9.47 Å². The van der Waals surface area contributed by atoms with Crippen LogP contribution in [0.1, 0.15) is 54.7 Å². The molecule has 0 amide bonds. The number of benzene rings is 3. The highest BCUT2D eigenvalue weighted by atomic mass is 32.2. The van der Waals surface area contributed by atoms with Crippen LogP contribution in [0.3, 0.4) is 0 Å². The smallest absolute Gasteiger partial charge is 0.417 e.